The number of halogens is 3. The van der Waals surface area contributed by atoms with Crippen LogP contribution in [0.3, 0.4) is 0 Å². The highest BCUT2D eigenvalue weighted by atomic mass is 35.5. The fourth-order valence-electron chi connectivity index (χ4n) is 2.91. The number of ether oxygens (including phenoxy) is 4. The third kappa shape index (κ3) is 36.7. The average Bonchev–Trinajstić information content (AvgIpc) is 3.20. The van der Waals surface area contributed by atoms with E-state index < -0.39 is 36.3 Å². The Hall–Kier alpha value is -0.931. The van der Waals surface area contributed by atoms with Gasteiger partial charge in [0, 0.05) is 63.9 Å². The summed E-state index contributed by atoms with van der Waals surface area (Å²) >= 11 is 10.6. The van der Waals surface area contributed by atoms with Gasteiger partial charge in [-0.2, -0.15) is 0 Å². The second-order valence-electron chi connectivity index (χ2n) is 14.6. The van der Waals surface area contributed by atoms with Gasteiger partial charge in [0.15, 0.2) is 0 Å². The Bertz CT molecular complexity index is 987. The van der Waals surface area contributed by atoms with E-state index in [0.717, 1.165) is 55.3 Å². The molecule has 11 radical (unpaired) electrons. The maximum atomic E-state index is 11.0. The Morgan fingerprint density at radius 3 is 1.30 bits per heavy atom. The monoisotopic (exact) mass is 807 g/mol. The van der Waals surface area contributed by atoms with Crippen LogP contribution in [0.25, 0.3) is 0 Å². The summed E-state index contributed by atoms with van der Waals surface area (Å²) < 4.78 is 31.5. The van der Waals surface area contributed by atoms with Gasteiger partial charge in [-0.25, -0.2) is 9.59 Å². The molecule has 0 aliphatic carbocycles. The Kier molecular flexibility index (Phi) is 41.1. The molecule has 1 heterocycles. The van der Waals surface area contributed by atoms with Gasteiger partial charge in [0.25, 0.3) is 0 Å². The van der Waals surface area contributed by atoms with Gasteiger partial charge in [-0.05, 0) is 106 Å². The number of hydrogen-bond acceptors (Lipinski definition) is 8. The number of benzene rings is 1. The number of carbonyl (C=O) groups is 2. The first-order valence-corrected chi connectivity index (χ1v) is 18.8. The van der Waals surface area contributed by atoms with Crippen LogP contribution in [-0.4, -0.2) is 112 Å². The van der Waals surface area contributed by atoms with Crippen molar-refractivity contribution in [3.63, 3.8) is 0 Å². The normalized spacial score (nSPS) is 13.1. The SMILES string of the molecule is C.CC(C)(C)OC(=O)OC(=O)OC(C)(C)C.CCCCCl.CCCCCl.CCCCOc1ccc(B2OC(C)(C)C(C)(C)O2)cc1.Cl.[B].[B]B([B])B([B])[B]. The first-order valence-electron chi connectivity index (χ1n) is 17.7. The number of alkyl halides is 2. The molecule has 1 aliphatic heterocycles. The Morgan fingerprint density at radius 1 is 0.722 bits per heavy atom. The Morgan fingerprint density at radius 2 is 1.06 bits per heavy atom. The summed E-state index contributed by atoms with van der Waals surface area (Å²) in [5.41, 5.74) is -0.952. The Labute approximate surface area is 355 Å². The van der Waals surface area contributed by atoms with Gasteiger partial charge in [0.05, 0.1) is 17.8 Å². The summed E-state index contributed by atoms with van der Waals surface area (Å²) in [6, 6.07) is 8.00. The van der Waals surface area contributed by atoms with Gasteiger partial charge < -0.3 is 28.3 Å². The second kappa shape index (κ2) is 34.1. The molecule has 54 heavy (non-hydrogen) atoms. The maximum Gasteiger partial charge on any atom is 0.519 e. The Balaban J connectivity index is -0.000000149. The first-order chi connectivity index (χ1) is 23.3. The number of unbranched alkanes of at least 4 members (excludes halogenated alkanes) is 3. The smallest absolute Gasteiger partial charge is 0.494 e. The molecule has 19 heteroatoms. The molecule has 1 aliphatic rings. The zero-order chi connectivity index (χ0) is 40.5. The lowest BCUT2D eigenvalue weighted by atomic mass is 8.81. The highest BCUT2D eigenvalue weighted by Crippen LogP contribution is 2.36. The molecule has 1 saturated heterocycles. The van der Waals surface area contributed by atoms with Crippen LogP contribution in [-0.2, 0) is 23.5 Å². The lowest BCUT2D eigenvalue weighted by Gasteiger charge is -2.32. The van der Waals surface area contributed by atoms with Crippen LogP contribution in [0.5, 0.6) is 5.75 Å². The number of carbonyl (C=O) groups excluding carboxylic acids is 2. The molecule has 0 spiro atoms. The van der Waals surface area contributed by atoms with Gasteiger partial charge in [-0.15, -0.1) is 35.6 Å². The fraction of sp³-hybridized carbons (Fsp3) is 0.771. The molecular weight excluding hydrogens is 741 g/mol. The van der Waals surface area contributed by atoms with Crippen molar-refractivity contribution < 1.29 is 37.8 Å². The van der Waals surface area contributed by atoms with Crippen LogP contribution in [0.2, 0.25) is 0 Å². The summed E-state index contributed by atoms with van der Waals surface area (Å²) in [5.74, 6) is 2.53. The summed E-state index contributed by atoms with van der Waals surface area (Å²) in [6.07, 6.45) is 3.66. The van der Waals surface area contributed by atoms with E-state index in [9.17, 15) is 9.59 Å². The predicted octanol–water partition coefficient (Wildman–Crippen LogP) is 8.48. The highest BCUT2D eigenvalue weighted by molar-refractivity contribution is 7.76. The van der Waals surface area contributed by atoms with Gasteiger partial charge in [-0.1, -0.05) is 59.6 Å². The van der Waals surface area contributed by atoms with E-state index in [1.165, 1.54) is 12.8 Å². The maximum absolute atomic E-state index is 11.0. The number of rotatable bonds is 10. The van der Waals surface area contributed by atoms with Crippen molar-refractivity contribution in [2.24, 2.45) is 0 Å². The quantitative estimate of drug-likeness (QED) is 0.0766. The zero-order valence-corrected chi connectivity index (χ0v) is 37.1. The zero-order valence-electron chi connectivity index (χ0n) is 34.7. The molecule has 2 rings (SSSR count). The lowest BCUT2D eigenvalue weighted by molar-refractivity contribution is -0.0293. The standard InChI is InChI=1S/C16H25BO3.C10H18O5.2C4H9Cl.CH4.B6.B.ClH/c1-6-7-12-18-14-10-8-13(9-11-14)17-19-15(2,3)16(4,5)20-17;1-9(2,3)14-7(11)13-8(12)15-10(4,5)6;2*1-2-3-4-5;;1-5(2)6(3)4;;/h8-11H,6-7,12H2,1-5H3;1-6H3;2*2-4H2,1H3;1H4;;;1H. The largest absolute Gasteiger partial charge is 0.519 e. The minimum absolute atomic E-state index is 0. The molecule has 0 saturated carbocycles. The van der Waals surface area contributed by atoms with E-state index in [4.69, 9.17) is 77.7 Å². The number of hydrogen-bond donors (Lipinski definition) is 0. The molecule has 0 bridgehead atoms. The highest BCUT2D eigenvalue weighted by Gasteiger charge is 2.51. The van der Waals surface area contributed by atoms with Crippen molar-refractivity contribution >= 4 is 113 Å². The third-order valence-electron chi connectivity index (χ3n) is 6.54. The molecule has 8 nitrogen and oxygen atoms in total. The van der Waals surface area contributed by atoms with Crippen molar-refractivity contribution in [2.75, 3.05) is 18.4 Å². The van der Waals surface area contributed by atoms with E-state index in [1.54, 1.807) is 41.5 Å². The molecule has 0 amide bonds. The lowest BCUT2D eigenvalue weighted by Crippen LogP contribution is -2.41. The summed E-state index contributed by atoms with van der Waals surface area (Å²) in [7, 11) is 19.6. The van der Waals surface area contributed by atoms with Crippen LogP contribution >= 0.6 is 35.6 Å². The molecule has 0 N–H and O–H groups in total. The molecule has 0 aromatic heterocycles. The van der Waals surface area contributed by atoms with Gasteiger partial charge in [0.2, 0.25) is 0 Å². The van der Waals surface area contributed by atoms with E-state index >= 15 is 0 Å². The molecule has 1 fully saturated rings. The summed E-state index contributed by atoms with van der Waals surface area (Å²) in [5, 5.41) is 0. The van der Waals surface area contributed by atoms with Crippen LogP contribution in [0.1, 0.15) is 136 Å². The molecular formula is C35H66B8Cl3O8. The molecule has 1 aromatic carbocycles. The average molecular weight is 808 g/mol. The minimum atomic E-state index is -1.06. The first kappa shape index (κ1) is 64.9. The van der Waals surface area contributed by atoms with Crippen molar-refractivity contribution in [2.45, 2.75) is 158 Å². The van der Waals surface area contributed by atoms with Crippen LogP contribution in [0, 0.1) is 0 Å². The minimum Gasteiger partial charge on any atom is -0.494 e. The summed E-state index contributed by atoms with van der Waals surface area (Å²) in [4.78, 5) is 22.0. The van der Waals surface area contributed by atoms with E-state index in [1.807, 2.05) is 24.3 Å². The second-order valence-corrected chi connectivity index (χ2v) is 15.4. The van der Waals surface area contributed by atoms with E-state index in [0.29, 0.717) is 0 Å². The summed E-state index contributed by atoms with van der Waals surface area (Å²) in [6.45, 7) is 25.5. The van der Waals surface area contributed by atoms with E-state index in [-0.39, 0.29) is 46.6 Å². The molecule has 0 atom stereocenters. The van der Waals surface area contributed by atoms with Gasteiger partial charge in [-0.3, -0.25) is 0 Å². The van der Waals surface area contributed by atoms with Crippen molar-refractivity contribution in [1.29, 1.82) is 0 Å². The fourth-order valence-corrected chi connectivity index (χ4v) is 3.45. The van der Waals surface area contributed by atoms with Gasteiger partial charge in [0.1, 0.15) is 17.0 Å². The van der Waals surface area contributed by atoms with Crippen molar-refractivity contribution in [3.8, 4) is 5.75 Å². The predicted molar refractivity (Wildman–Crippen MR) is 242 cm³/mol. The molecule has 1 aromatic rings. The van der Waals surface area contributed by atoms with Crippen molar-refractivity contribution in [1.82, 2.24) is 0 Å². The van der Waals surface area contributed by atoms with Crippen LogP contribution < -0.4 is 10.2 Å². The molecule has 0 unspecified atom stereocenters. The van der Waals surface area contributed by atoms with E-state index in [2.05, 4.69) is 53.2 Å². The van der Waals surface area contributed by atoms with Crippen LogP contribution in [0.4, 0.5) is 9.59 Å². The van der Waals surface area contributed by atoms with Crippen molar-refractivity contribution in [3.05, 3.63) is 24.3 Å². The van der Waals surface area contributed by atoms with Crippen LogP contribution in [0.15, 0.2) is 24.3 Å². The molecule has 299 valence electrons. The third-order valence-corrected chi connectivity index (χ3v) is 7.07. The van der Waals surface area contributed by atoms with Gasteiger partial charge >= 0.3 is 19.4 Å². The topological polar surface area (TPSA) is 89.5 Å².